The number of hydrogen-bond acceptors (Lipinski definition) is 6. The highest BCUT2D eigenvalue weighted by atomic mass is 32.2. The molecule has 23 heavy (non-hydrogen) atoms. The van der Waals surface area contributed by atoms with Crippen molar-refractivity contribution < 1.29 is 9.32 Å². The predicted octanol–water partition coefficient (Wildman–Crippen LogP) is 3.73. The van der Waals surface area contributed by atoms with Gasteiger partial charge in [-0.05, 0) is 30.2 Å². The number of rotatable bonds is 6. The van der Waals surface area contributed by atoms with E-state index in [0.717, 1.165) is 11.3 Å². The number of carbonyl (C=O) groups is 1. The van der Waals surface area contributed by atoms with E-state index in [1.165, 1.54) is 31.0 Å². The van der Waals surface area contributed by atoms with Crippen LogP contribution in [0.15, 0.2) is 22.0 Å². The Kier molecular flexibility index (Phi) is 5.72. The van der Waals surface area contributed by atoms with Crippen LogP contribution < -0.4 is 5.32 Å². The average Bonchev–Trinajstić information content (AvgIpc) is 3.20. The molecule has 0 saturated heterocycles. The third kappa shape index (κ3) is 4.57. The van der Waals surface area contributed by atoms with Gasteiger partial charge < -0.3 is 9.84 Å². The predicted molar refractivity (Wildman–Crippen MR) is 93.3 cm³/mol. The van der Waals surface area contributed by atoms with Crippen LogP contribution in [0.25, 0.3) is 10.7 Å². The number of aromatic nitrogens is 2. The van der Waals surface area contributed by atoms with Crippen molar-refractivity contribution in [2.24, 2.45) is 5.92 Å². The van der Waals surface area contributed by atoms with Gasteiger partial charge in [-0.25, -0.2) is 0 Å². The molecule has 1 aliphatic rings. The van der Waals surface area contributed by atoms with Gasteiger partial charge in [0.1, 0.15) is 0 Å². The van der Waals surface area contributed by atoms with Crippen LogP contribution in [0.4, 0.5) is 0 Å². The van der Waals surface area contributed by atoms with E-state index in [-0.39, 0.29) is 5.91 Å². The lowest BCUT2D eigenvalue weighted by Gasteiger charge is -2.29. The van der Waals surface area contributed by atoms with Crippen molar-refractivity contribution in [3.8, 4) is 10.7 Å². The van der Waals surface area contributed by atoms with Crippen molar-refractivity contribution in [2.75, 3.05) is 5.75 Å². The van der Waals surface area contributed by atoms with Crippen LogP contribution in [0.5, 0.6) is 0 Å². The van der Waals surface area contributed by atoms with E-state index in [2.05, 4.69) is 22.4 Å². The lowest BCUT2D eigenvalue weighted by atomic mass is 9.86. The number of thioether (sulfide) groups is 1. The molecule has 2 aromatic heterocycles. The summed E-state index contributed by atoms with van der Waals surface area (Å²) in [5.74, 6) is 2.87. The SMILES string of the molecule is C[C@@H]1CCCC[C@@H]1NC(=O)CSCc1nc(-c2cccs2)no1. The molecule has 0 radical (unpaired) electrons. The number of thiophene rings is 1. The minimum Gasteiger partial charge on any atom is -0.352 e. The second-order valence-electron chi connectivity index (χ2n) is 5.92. The first-order valence-electron chi connectivity index (χ1n) is 7.96. The smallest absolute Gasteiger partial charge is 0.236 e. The molecule has 0 aromatic carbocycles. The summed E-state index contributed by atoms with van der Waals surface area (Å²) in [7, 11) is 0. The van der Waals surface area contributed by atoms with Crippen LogP contribution in [0, 0.1) is 5.92 Å². The number of nitrogens with one attached hydrogen (secondary N) is 1. The maximum atomic E-state index is 12.0. The highest BCUT2D eigenvalue weighted by Crippen LogP contribution is 2.24. The normalized spacial score (nSPS) is 21.3. The number of nitrogens with zero attached hydrogens (tertiary/aromatic N) is 2. The molecule has 0 spiro atoms. The Labute approximate surface area is 144 Å². The molecule has 0 bridgehead atoms. The second kappa shape index (κ2) is 7.97. The molecular formula is C16H21N3O2S2. The Hall–Kier alpha value is -1.34. The third-order valence-electron chi connectivity index (χ3n) is 4.13. The monoisotopic (exact) mass is 351 g/mol. The van der Waals surface area contributed by atoms with Crippen molar-refractivity contribution in [3.05, 3.63) is 23.4 Å². The molecule has 2 aromatic rings. The van der Waals surface area contributed by atoms with Crippen LogP contribution in [-0.2, 0) is 10.5 Å². The van der Waals surface area contributed by atoms with Gasteiger partial charge in [-0.15, -0.1) is 23.1 Å². The maximum absolute atomic E-state index is 12.0. The minimum absolute atomic E-state index is 0.103. The third-order valence-corrected chi connectivity index (χ3v) is 5.91. The Morgan fingerprint density at radius 3 is 3.13 bits per heavy atom. The standard InChI is InChI=1S/C16H21N3O2S2/c1-11-5-2-3-6-12(11)17-14(20)9-22-10-15-18-16(19-21-15)13-7-4-8-23-13/h4,7-8,11-12H,2-3,5-6,9-10H2,1H3,(H,17,20)/t11-,12+/m1/s1. The highest BCUT2D eigenvalue weighted by molar-refractivity contribution is 7.99. The summed E-state index contributed by atoms with van der Waals surface area (Å²) in [4.78, 5) is 17.4. The van der Waals surface area contributed by atoms with Gasteiger partial charge in [0.25, 0.3) is 0 Å². The van der Waals surface area contributed by atoms with Crippen molar-refractivity contribution in [1.82, 2.24) is 15.5 Å². The molecule has 3 rings (SSSR count). The summed E-state index contributed by atoms with van der Waals surface area (Å²) >= 11 is 3.09. The maximum Gasteiger partial charge on any atom is 0.236 e. The lowest BCUT2D eigenvalue weighted by Crippen LogP contribution is -2.41. The number of hydrogen-bond donors (Lipinski definition) is 1. The Balaban J connectivity index is 1.41. The summed E-state index contributed by atoms with van der Waals surface area (Å²) < 4.78 is 5.23. The Bertz CT molecular complexity index is 627. The second-order valence-corrected chi connectivity index (χ2v) is 7.85. The minimum atomic E-state index is 0.103. The van der Waals surface area contributed by atoms with Gasteiger partial charge in [0.05, 0.1) is 16.4 Å². The fourth-order valence-electron chi connectivity index (χ4n) is 2.83. The molecule has 0 aliphatic heterocycles. The van der Waals surface area contributed by atoms with Crippen LogP contribution >= 0.6 is 23.1 Å². The summed E-state index contributed by atoms with van der Waals surface area (Å²) in [6, 6.07) is 4.26. The van der Waals surface area contributed by atoms with Crippen LogP contribution in [0.3, 0.4) is 0 Å². The molecule has 2 heterocycles. The number of carbonyl (C=O) groups excluding carboxylic acids is 1. The first-order valence-corrected chi connectivity index (χ1v) is 9.99. The van der Waals surface area contributed by atoms with E-state index in [4.69, 9.17) is 4.52 Å². The summed E-state index contributed by atoms with van der Waals surface area (Å²) in [6.45, 7) is 2.22. The van der Waals surface area contributed by atoms with E-state index in [1.807, 2.05) is 17.5 Å². The number of amides is 1. The van der Waals surface area contributed by atoms with E-state index in [9.17, 15) is 4.79 Å². The molecule has 0 unspecified atom stereocenters. The Morgan fingerprint density at radius 1 is 1.48 bits per heavy atom. The molecule has 1 N–H and O–H groups in total. The lowest BCUT2D eigenvalue weighted by molar-refractivity contribution is -0.119. The summed E-state index contributed by atoms with van der Waals surface area (Å²) in [5.41, 5.74) is 0. The zero-order chi connectivity index (χ0) is 16.1. The molecule has 1 amide bonds. The van der Waals surface area contributed by atoms with Crippen LogP contribution in [0.1, 0.15) is 38.5 Å². The van der Waals surface area contributed by atoms with Gasteiger partial charge in [-0.1, -0.05) is 31.0 Å². The zero-order valence-electron chi connectivity index (χ0n) is 13.2. The molecule has 7 heteroatoms. The fourth-order valence-corrected chi connectivity index (χ4v) is 4.14. The highest BCUT2D eigenvalue weighted by Gasteiger charge is 2.22. The topological polar surface area (TPSA) is 68.0 Å². The Morgan fingerprint density at radius 2 is 2.35 bits per heavy atom. The quantitative estimate of drug-likeness (QED) is 0.859. The summed E-state index contributed by atoms with van der Waals surface area (Å²) in [6.07, 6.45) is 4.82. The van der Waals surface area contributed by atoms with E-state index in [1.54, 1.807) is 11.3 Å². The molecular weight excluding hydrogens is 330 g/mol. The molecule has 1 aliphatic carbocycles. The van der Waals surface area contributed by atoms with E-state index in [0.29, 0.717) is 35.2 Å². The fraction of sp³-hybridized carbons (Fsp3) is 0.562. The van der Waals surface area contributed by atoms with E-state index >= 15 is 0 Å². The van der Waals surface area contributed by atoms with Gasteiger partial charge in [-0.2, -0.15) is 4.98 Å². The van der Waals surface area contributed by atoms with Crippen LogP contribution in [0.2, 0.25) is 0 Å². The van der Waals surface area contributed by atoms with E-state index < -0.39 is 0 Å². The average molecular weight is 351 g/mol. The van der Waals surface area contributed by atoms with Crippen molar-refractivity contribution in [3.63, 3.8) is 0 Å². The molecule has 1 fully saturated rings. The molecule has 2 atom stereocenters. The first-order chi connectivity index (χ1) is 11.2. The summed E-state index contributed by atoms with van der Waals surface area (Å²) in [5, 5.41) is 9.11. The largest absolute Gasteiger partial charge is 0.352 e. The van der Waals surface area contributed by atoms with Gasteiger partial charge in [0, 0.05) is 6.04 Å². The van der Waals surface area contributed by atoms with Crippen molar-refractivity contribution in [2.45, 2.75) is 44.4 Å². The zero-order valence-corrected chi connectivity index (χ0v) is 14.8. The van der Waals surface area contributed by atoms with Gasteiger partial charge >= 0.3 is 0 Å². The van der Waals surface area contributed by atoms with Crippen molar-refractivity contribution in [1.29, 1.82) is 0 Å². The molecule has 1 saturated carbocycles. The first kappa shape index (κ1) is 16.5. The van der Waals surface area contributed by atoms with Crippen molar-refractivity contribution >= 4 is 29.0 Å². The molecule has 124 valence electrons. The van der Waals surface area contributed by atoms with Gasteiger partial charge in [0.15, 0.2) is 0 Å². The van der Waals surface area contributed by atoms with Gasteiger partial charge in [0.2, 0.25) is 17.6 Å². The van der Waals surface area contributed by atoms with Crippen LogP contribution in [-0.4, -0.2) is 27.8 Å². The molecule has 5 nitrogen and oxygen atoms in total. The van der Waals surface area contributed by atoms with Gasteiger partial charge in [-0.3, -0.25) is 4.79 Å².